The summed E-state index contributed by atoms with van der Waals surface area (Å²) in [7, 11) is 1.58. The zero-order valence-electron chi connectivity index (χ0n) is 9.29. The van der Waals surface area contributed by atoms with E-state index in [0.717, 1.165) is 18.4 Å². The van der Waals surface area contributed by atoms with Crippen LogP contribution in [-0.2, 0) is 5.41 Å². The number of rotatable bonds is 3. The van der Waals surface area contributed by atoms with Gasteiger partial charge in [-0.3, -0.25) is 0 Å². The minimum absolute atomic E-state index is 0.00350. The lowest BCUT2D eigenvalue weighted by Crippen LogP contribution is -2.41. The van der Waals surface area contributed by atoms with Crippen molar-refractivity contribution in [2.24, 2.45) is 5.73 Å². The molecule has 1 aliphatic rings. The smallest absolute Gasteiger partial charge is 0.172 e. The minimum Gasteiger partial charge on any atom is -0.503 e. The molecule has 0 saturated heterocycles. The van der Waals surface area contributed by atoms with Crippen LogP contribution >= 0.6 is 15.9 Å². The average molecular weight is 286 g/mol. The fourth-order valence-corrected chi connectivity index (χ4v) is 2.67. The molecule has 88 valence electrons. The maximum atomic E-state index is 9.94. The van der Waals surface area contributed by atoms with E-state index in [2.05, 4.69) is 15.9 Å². The van der Waals surface area contributed by atoms with Crippen molar-refractivity contribution in [1.82, 2.24) is 0 Å². The van der Waals surface area contributed by atoms with Crippen LogP contribution in [0.3, 0.4) is 0 Å². The summed E-state index contributed by atoms with van der Waals surface area (Å²) in [6, 6.07) is 3.84. The first-order valence-electron chi connectivity index (χ1n) is 5.40. The molecule has 3 N–H and O–H groups in total. The zero-order chi connectivity index (χ0) is 11.8. The standard InChI is InChI=1S/C12H16BrNO2/c1-16-11-8(3-4-9(13)10(11)15)12(7-14)5-2-6-12/h3-4,15H,2,5-7,14H2,1H3. The Morgan fingerprint density at radius 1 is 1.50 bits per heavy atom. The third kappa shape index (κ3) is 1.60. The number of aromatic hydroxyl groups is 1. The molecule has 3 nitrogen and oxygen atoms in total. The van der Waals surface area contributed by atoms with Crippen molar-refractivity contribution in [1.29, 1.82) is 0 Å². The summed E-state index contributed by atoms with van der Waals surface area (Å²) in [6.07, 6.45) is 3.33. The van der Waals surface area contributed by atoms with Crippen molar-refractivity contribution >= 4 is 15.9 Å². The fourth-order valence-electron chi connectivity index (χ4n) is 2.36. The second-order valence-corrected chi connectivity index (χ2v) is 5.17. The second-order valence-electron chi connectivity index (χ2n) is 4.31. The molecule has 4 heteroatoms. The molecule has 2 rings (SSSR count). The predicted molar refractivity (Wildman–Crippen MR) is 66.9 cm³/mol. The molecule has 16 heavy (non-hydrogen) atoms. The summed E-state index contributed by atoms with van der Waals surface area (Å²) in [5.74, 6) is 0.722. The predicted octanol–water partition coefficient (Wildman–Crippen LogP) is 2.54. The van der Waals surface area contributed by atoms with Gasteiger partial charge < -0.3 is 15.6 Å². The fraction of sp³-hybridized carbons (Fsp3) is 0.500. The summed E-state index contributed by atoms with van der Waals surface area (Å²) in [4.78, 5) is 0. The maximum absolute atomic E-state index is 9.94. The van der Waals surface area contributed by atoms with Gasteiger partial charge in [0.05, 0.1) is 11.6 Å². The number of ether oxygens (including phenoxy) is 1. The second kappa shape index (κ2) is 4.26. The molecule has 1 aliphatic carbocycles. The molecular formula is C12H16BrNO2. The number of phenols is 1. The summed E-state index contributed by atoms with van der Waals surface area (Å²) < 4.78 is 5.96. The Morgan fingerprint density at radius 2 is 2.19 bits per heavy atom. The van der Waals surface area contributed by atoms with Crippen LogP contribution in [0.15, 0.2) is 16.6 Å². The molecule has 0 unspecified atom stereocenters. The van der Waals surface area contributed by atoms with Crippen molar-refractivity contribution < 1.29 is 9.84 Å². The van der Waals surface area contributed by atoms with Gasteiger partial charge in [0.15, 0.2) is 11.5 Å². The van der Waals surface area contributed by atoms with Gasteiger partial charge in [0.1, 0.15) is 0 Å². The van der Waals surface area contributed by atoms with E-state index in [1.54, 1.807) is 7.11 Å². The van der Waals surface area contributed by atoms with Gasteiger partial charge in [-0.15, -0.1) is 0 Å². The van der Waals surface area contributed by atoms with E-state index in [-0.39, 0.29) is 11.2 Å². The molecule has 0 amide bonds. The van der Waals surface area contributed by atoms with Gasteiger partial charge >= 0.3 is 0 Å². The normalized spacial score (nSPS) is 17.9. The number of methoxy groups -OCH3 is 1. The maximum Gasteiger partial charge on any atom is 0.172 e. The Labute approximate surface area is 104 Å². The van der Waals surface area contributed by atoms with E-state index in [0.29, 0.717) is 16.8 Å². The molecule has 0 radical (unpaired) electrons. The molecule has 0 bridgehead atoms. The highest BCUT2D eigenvalue weighted by atomic mass is 79.9. The van der Waals surface area contributed by atoms with Crippen LogP contribution in [0, 0.1) is 0 Å². The third-order valence-electron chi connectivity index (χ3n) is 3.56. The summed E-state index contributed by atoms with van der Waals surface area (Å²) in [5.41, 5.74) is 6.90. The number of nitrogens with two attached hydrogens (primary N) is 1. The molecule has 0 heterocycles. The monoisotopic (exact) mass is 285 g/mol. The first kappa shape index (κ1) is 11.7. The molecule has 1 saturated carbocycles. The van der Waals surface area contributed by atoms with Crippen molar-refractivity contribution in [3.63, 3.8) is 0 Å². The molecule has 0 atom stereocenters. The quantitative estimate of drug-likeness (QED) is 0.897. The highest BCUT2D eigenvalue weighted by Crippen LogP contribution is 2.50. The molecule has 0 aliphatic heterocycles. The molecule has 1 aromatic carbocycles. The molecule has 0 aromatic heterocycles. The highest BCUT2D eigenvalue weighted by molar-refractivity contribution is 9.10. The van der Waals surface area contributed by atoms with E-state index < -0.39 is 0 Å². The van der Waals surface area contributed by atoms with E-state index in [1.165, 1.54) is 6.42 Å². The molecule has 1 fully saturated rings. The topological polar surface area (TPSA) is 55.5 Å². The highest BCUT2D eigenvalue weighted by Gasteiger charge is 2.40. The van der Waals surface area contributed by atoms with Gasteiger partial charge in [0, 0.05) is 17.5 Å². The van der Waals surface area contributed by atoms with E-state index in [4.69, 9.17) is 10.5 Å². The number of phenolic OH excluding ortho intramolecular Hbond substituents is 1. The van der Waals surface area contributed by atoms with Crippen molar-refractivity contribution in [3.05, 3.63) is 22.2 Å². The molecular weight excluding hydrogens is 270 g/mol. The van der Waals surface area contributed by atoms with Crippen molar-refractivity contribution in [2.45, 2.75) is 24.7 Å². The van der Waals surface area contributed by atoms with Gasteiger partial charge in [0.2, 0.25) is 0 Å². The lowest BCUT2D eigenvalue weighted by Gasteiger charge is -2.42. The van der Waals surface area contributed by atoms with Gasteiger partial charge in [-0.05, 0) is 34.8 Å². The third-order valence-corrected chi connectivity index (χ3v) is 4.20. The van der Waals surface area contributed by atoms with Crippen LogP contribution in [0.5, 0.6) is 11.5 Å². The summed E-state index contributed by atoms with van der Waals surface area (Å²) in [6.45, 7) is 0.602. The Balaban J connectivity index is 2.52. The zero-order valence-corrected chi connectivity index (χ0v) is 10.9. The van der Waals surface area contributed by atoms with E-state index in [9.17, 15) is 5.11 Å². The van der Waals surface area contributed by atoms with Gasteiger partial charge in [-0.1, -0.05) is 12.5 Å². The van der Waals surface area contributed by atoms with Crippen LogP contribution in [0.1, 0.15) is 24.8 Å². The Kier molecular flexibility index (Phi) is 3.13. The Morgan fingerprint density at radius 3 is 2.62 bits per heavy atom. The number of halogens is 1. The van der Waals surface area contributed by atoms with Crippen molar-refractivity contribution in [3.8, 4) is 11.5 Å². The van der Waals surface area contributed by atoms with Crippen LogP contribution < -0.4 is 10.5 Å². The van der Waals surface area contributed by atoms with Crippen molar-refractivity contribution in [2.75, 3.05) is 13.7 Å². The molecule has 0 spiro atoms. The number of hydrogen-bond donors (Lipinski definition) is 2. The van der Waals surface area contributed by atoms with Crippen LogP contribution in [0.4, 0.5) is 0 Å². The van der Waals surface area contributed by atoms with Crippen LogP contribution in [0.25, 0.3) is 0 Å². The molecule has 1 aromatic rings. The van der Waals surface area contributed by atoms with Gasteiger partial charge in [0.25, 0.3) is 0 Å². The van der Waals surface area contributed by atoms with Crippen LogP contribution in [0.2, 0.25) is 0 Å². The lowest BCUT2D eigenvalue weighted by molar-refractivity contribution is 0.240. The summed E-state index contributed by atoms with van der Waals surface area (Å²) >= 11 is 3.29. The number of hydrogen-bond acceptors (Lipinski definition) is 3. The largest absolute Gasteiger partial charge is 0.503 e. The van der Waals surface area contributed by atoms with Gasteiger partial charge in [-0.2, -0.15) is 0 Å². The summed E-state index contributed by atoms with van der Waals surface area (Å²) in [5, 5.41) is 9.94. The first-order valence-corrected chi connectivity index (χ1v) is 6.20. The van der Waals surface area contributed by atoms with Gasteiger partial charge in [-0.25, -0.2) is 0 Å². The SMILES string of the molecule is COc1c(C2(CN)CCC2)ccc(Br)c1O. The van der Waals surface area contributed by atoms with Crippen LogP contribution in [-0.4, -0.2) is 18.8 Å². The van der Waals surface area contributed by atoms with E-state index in [1.807, 2.05) is 12.1 Å². The van der Waals surface area contributed by atoms with E-state index >= 15 is 0 Å². The Hall–Kier alpha value is -0.740. The lowest BCUT2D eigenvalue weighted by atomic mass is 9.64. The number of benzene rings is 1. The Bertz CT molecular complexity index is 397. The average Bonchev–Trinajstić information content (AvgIpc) is 2.23. The first-order chi connectivity index (χ1) is 7.64. The minimum atomic E-state index is 0.00350.